The largest absolute Gasteiger partial charge is 0.317 e. The van der Waals surface area contributed by atoms with Crippen molar-refractivity contribution in [2.45, 2.75) is 57.8 Å². The van der Waals surface area contributed by atoms with Gasteiger partial charge in [-0.1, -0.05) is 6.42 Å². The fourth-order valence-corrected chi connectivity index (χ4v) is 4.78. The molecule has 5 aliphatic rings. The van der Waals surface area contributed by atoms with Crippen molar-refractivity contribution in [2.24, 2.45) is 23.7 Å². The van der Waals surface area contributed by atoms with Crippen molar-refractivity contribution in [2.75, 3.05) is 13.1 Å². The van der Waals surface area contributed by atoms with Crippen LogP contribution in [-0.4, -0.2) is 13.1 Å². The fraction of sp³-hybridized carbons (Fsp3) is 1.00. The molecule has 0 spiro atoms. The standard InChI is InChI=1S/C10H16.C5H11N/c1-7-2-9-4-8(1)5-10(3-7)6-9;1-2-4-6-5-3-1/h7-10H,1-6H2;6H,1-5H2. The van der Waals surface area contributed by atoms with Gasteiger partial charge < -0.3 is 5.32 Å². The van der Waals surface area contributed by atoms with E-state index in [0.717, 1.165) is 0 Å². The van der Waals surface area contributed by atoms with Gasteiger partial charge in [-0.25, -0.2) is 0 Å². The molecule has 1 nitrogen and oxygen atoms in total. The second-order valence-electron chi connectivity index (χ2n) is 6.69. The van der Waals surface area contributed by atoms with Gasteiger partial charge in [-0.05, 0) is 88.1 Å². The molecule has 92 valence electrons. The summed E-state index contributed by atoms with van der Waals surface area (Å²) in [4.78, 5) is 0. The van der Waals surface area contributed by atoms with Crippen LogP contribution in [0.25, 0.3) is 0 Å². The summed E-state index contributed by atoms with van der Waals surface area (Å²) in [6.07, 6.45) is 13.8. The van der Waals surface area contributed by atoms with Crippen LogP contribution in [0.15, 0.2) is 0 Å². The molecule has 0 unspecified atom stereocenters. The monoisotopic (exact) mass is 221 g/mol. The molecule has 0 aromatic heterocycles. The normalized spacial score (nSPS) is 45.0. The summed E-state index contributed by atoms with van der Waals surface area (Å²) in [7, 11) is 0. The highest BCUT2D eigenvalue weighted by atomic mass is 14.9. The Labute approximate surface area is 100 Å². The maximum absolute atomic E-state index is 3.28. The average molecular weight is 221 g/mol. The molecule has 0 amide bonds. The Morgan fingerprint density at radius 2 is 0.875 bits per heavy atom. The van der Waals surface area contributed by atoms with Crippen molar-refractivity contribution < 1.29 is 0 Å². The van der Waals surface area contributed by atoms with E-state index in [1.54, 1.807) is 38.5 Å². The molecule has 1 heteroatoms. The molecule has 5 rings (SSSR count). The van der Waals surface area contributed by atoms with Crippen LogP contribution in [-0.2, 0) is 0 Å². The summed E-state index contributed by atoms with van der Waals surface area (Å²) >= 11 is 0. The highest BCUT2D eigenvalue weighted by Gasteiger charge is 2.41. The third kappa shape index (κ3) is 2.61. The first-order chi connectivity index (χ1) is 7.90. The number of hydrogen-bond donors (Lipinski definition) is 1. The SMILES string of the molecule is C1C2CC3CC1CC(C2)C3.C1CCNCC1. The van der Waals surface area contributed by atoms with Gasteiger partial charge >= 0.3 is 0 Å². The van der Waals surface area contributed by atoms with E-state index in [4.69, 9.17) is 0 Å². The summed E-state index contributed by atoms with van der Waals surface area (Å²) in [5.41, 5.74) is 0. The minimum absolute atomic E-state index is 1.18. The highest BCUT2D eigenvalue weighted by Crippen LogP contribution is 2.53. The molecular weight excluding hydrogens is 194 g/mol. The van der Waals surface area contributed by atoms with Crippen molar-refractivity contribution >= 4 is 0 Å². The van der Waals surface area contributed by atoms with Gasteiger partial charge in [0.2, 0.25) is 0 Å². The predicted octanol–water partition coefficient (Wildman–Crippen LogP) is 3.59. The van der Waals surface area contributed by atoms with E-state index in [0.29, 0.717) is 0 Å². The van der Waals surface area contributed by atoms with E-state index in [-0.39, 0.29) is 0 Å². The maximum atomic E-state index is 3.28. The van der Waals surface area contributed by atoms with E-state index >= 15 is 0 Å². The average Bonchev–Trinajstić information content (AvgIpc) is 2.30. The molecule has 0 atom stereocenters. The van der Waals surface area contributed by atoms with E-state index < -0.39 is 0 Å². The van der Waals surface area contributed by atoms with E-state index in [1.165, 1.54) is 56.0 Å². The molecule has 4 bridgehead atoms. The zero-order valence-corrected chi connectivity index (χ0v) is 10.6. The molecule has 1 N–H and O–H groups in total. The van der Waals surface area contributed by atoms with E-state index in [1.807, 2.05) is 0 Å². The van der Waals surface area contributed by atoms with E-state index in [2.05, 4.69) is 5.32 Å². The van der Waals surface area contributed by atoms with Crippen LogP contribution in [0, 0.1) is 23.7 Å². The molecule has 1 aliphatic heterocycles. The third-order valence-corrected chi connectivity index (χ3v) is 5.21. The lowest BCUT2D eigenvalue weighted by molar-refractivity contribution is 0.0198. The molecule has 1 saturated heterocycles. The van der Waals surface area contributed by atoms with Crippen molar-refractivity contribution in [1.29, 1.82) is 0 Å². The van der Waals surface area contributed by atoms with Crippen molar-refractivity contribution in [1.82, 2.24) is 5.32 Å². The Morgan fingerprint density at radius 1 is 0.500 bits per heavy atom. The summed E-state index contributed by atoms with van der Waals surface area (Å²) < 4.78 is 0. The molecule has 4 saturated carbocycles. The number of hydrogen-bond acceptors (Lipinski definition) is 1. The minimum Gasteiger partial charge on any atom is -0.317 e. The van der Waals surface area contributed by atoms with E-state index in [9.17, 15) is 0 Å². The smallest absolute Gasteiger partial charge is 0.00489 e. The lowest BCUT2D eigenvalue weighted by Gasteiger charge is -2.49. The summed E-state index contributed by atoms with van der Waals surface area (Å²) in [5.74, 6) is 4.71. The molecule has 5 fully saturated rings. The zero-order valence-electron chi connectivity index (χ0n) is 10.6. The van der Waals surface area contributed by atoms with Gasteiger partial charge in [0.15, 0.2) is 0 Å². The Bertz CT molecular complexity index is 151. The first-order valence-corrected chi connectivity index (χ1v) is 7.61. The molecule has 0 aromatic rings. The van der Waals surface area contributed by atoms with Gasteiger partial charge in [0, 0.05) is 0 Å². The topological polar surface area (TPSA) is 12.0 Å². The van der Waals surface area contributed by atoms with Crippen LogP contribution in [0.5, 0.6) is 0 Å². The summed E-state index contributed by atoms with van der Waals surface area (Å²) in [5, 5.41) is 3.28. The molecule has 4 aliphatic carbocycles. The van der Waals surface area contributed by atoms with Crippen LogP contribution >= 0.6 is 0 Å². The quantitative estimate of drug-likeness (QED) is 0.659. The second kappa shape index (κ2) is 5.08. The first-order valence-electron chi connectivity index (χ1n) is 7.61. The van der Waals surface area contributed by atoms with Crippen molar-refractivity contribution in [3.8, 4) is 0 Å². The van der Waals surface area contributed by atoms with Crippen molar-refractivity contribution in [3.05, 3.63) is 0 Å². The Balaban J connectivity index is 0.000000117. The Morgan fingerprint density at radius 3 is 1.06 bits per heavy atom. The summed E-state index contributed by atoms with van der Waals surface area (Å²) in [6, 6.07) is 0. The van der Waals surface area contributed by atoms with Gasteiger partial charge in [-0.15, -0.1) is 0 Å². The Hall–Kier alpha value is -0.0400. The Kier molecular flexibility index (Phi) is 3.51. The lowest BCUT2D eigenvalue weighted by Crippen LogP contribution is -2.38. The van der Waals surface area contributed by atoms with Gasteiger partial charge in [-0.2, -0.15) is 0 Å². The number of nitrogens with one attached hydrogen (secondary N) is 1. The second-order valence-corrected chi connectivity index (χ2v) is 6.69. The lowest BCUT2D eigenvalue weighted by atomic mass is 9.56. The van der Waals surface area contributed by atoms with Crippen LogP contribution in [0.3, 0.4) is 0 Å². The highest BCUT2D eigenvalue weighted by molar-refractivity contribution is 4.92. The van der Waals surface area contributed by atoms with Crippen molar-refractivity contribution in [3.63, 3.8) is 0 Å². The third-order valence-electron chi connectivity index (χ3n) is 5.21. The molecular formula is C15H27N. The first kappa shape index (κ1) is 11.1. The number of piperidine rings is 1. The molecule has 16 heavy (non-hydrogen) atoms. The van der Waals surface area contributed by atoms with Gasteiger partial charge in [0.25, 0.3) is 0 Å². The molecule has 1 heterocycles. The van der Waals surface area contributed by atoms with Crippen LogP contribution in [0.4, 0.5) is 0 Å². The predicted molar refractivity (Wildman–Crippen MR) is 68.4 cm³/mol. The van der Waals surface area contributed by atoms with Gasteiger partial charge in [0.05, 0.1) is 0 Å². The molecule has 0 radical (unpaired) electrons. The fourth-order valence-electron chi connectivity index (χ4n) is 4.78. The van der Waals surface area contributed by atoms with Crippen LogP contribution in [0.1, 0.15) is 57.8 Å². The van der Waals surface area contributed by atoms with Gasteiger partial charge in [-0.3, -0.25) is 0 Å². The molecule has 0 aromatic carbocycles. The van der Waals surface area contributed by atoms with Crippen LogP contribution in [0.2, 0.25) is 0 Å². The van der Waals surface area contributed by atoms with Crippen LogP contribution < -0.4 is 5.32 Å². The zero-order chi connectivity index (χ0) is 10.8. The summed E-state index contributed by atoms with van der Waals surface area (Å²) in [6.45, 7) is 2.50. The maximum Gasteiger partial charge on any atom is -0.00489 e. The minimum atomic E-state index is 1.18. The number of rotatable bonds is 0. The van der Waals surface area contributed by atoms with Gasteiger partial charge in [0.1, 0.15) is 0 Å².